The first kappa shape index (κ1) is 11.8. The highest BCUT2D eigenvalue weighted by Crippen LogP contribution is 2.34. The fourth-order valence-corrected chi connectivity index (χ4v) is 2.77. The van der Waals surface area contributed by atoms with Gasteiger partial charge in [0.05, 0.1) is 0 Å². The highest BCUT2D eigenvalue weighted by Gasteiger charge is 2.09. The highest BCUT2D eigenvalue weighted by atomic mass is 16.3. The molecule has 0 aliphatic heterocycles. The summed E-state index contributed by atoms with van der Waals surface area (Å²) in [7, 11) is 0. The first-order chi connectivity index (χ1) is 9.13. The van der Waals surface area contributed by atoms with E-state index in [1.165, 1.54) is 27.3 Å². The molecule has 1 N–H and O–H groups in total. The van der Waals surface area contributed by atoms with Crippen LogP contribution in [0.15, 0.2) is 43.0 Å². The van der Waals surface area contributed by atoms with Crippen LogP contribution in [0.1, 0.15) is 16.7 Å². The molecular formula is C18H16O. The first-order valence-corrected chi connectivity index (χ1v) is 6.40. The van der Waals surface area contributed by atoms with Gasteiger partial charge in [-0.05, 0) is 58.1 Å². The van der Waals surface area contributed by atoms with E-state index in [4.69, 9.17) is 0 Å². The molecule has 0 radical (unpaired) electrons. The molecule has 0 saturated heterocycles. The van der Waals surface area contributed by atoms with Crippen molar-refractivity contribution in [2.75, 3.05) is 0 Å². The van der Waals surface area contributed by atoms with Gasteiger partial charge in [0.1, 0.15) is 5.75 Å². The number of aryl methyl sites for hydroxylation is 2. The zero-order valence-electron chi connectivity index (χ0n) is 11.2. The maximum absolute atomic E-state index is 9.85. The average molecular weight is 248 g/mol. The number of hydrogen-bond donors (Lipinski definition) is 1. The van der Waals surface area contributed by atoms with Gasteiger partial charge in [-0.25, -0.2) is 0 Å². The monoisotopic (exact) mass is 248 g/mol. The average Bonchev–Trinajstić information content (AvgIpc) is 2.42. The number of benzene rings is 3. The Morgan fingerprint density at radius 3 is 2.37 bits per heavy atom. The molecule has 0 aliphatic rings. The van der Waals surface area contributed by atoms with E-state index in [2.05, 4.69) is 37.8 Å². The van der Waals surface area contributed by atoms with Crippen molar-refractivity contribution in [3.05, 3.63) is 59.7 Å². The van der Waals surface area contributed by atoms with E-state index in [0.717, 1.165) is 10.9 Å². The Labute approximate surface area is 112 Å². The Balaban J connectivity index is 2.62. The molecule has 0 aliphatic carbocycles. The van der Waals surface area contributed by atoms with E-state index in [-0.39, 0.29) is 0 Å². The van der Waals surface area contributed by atoms with Crippen LogP contribution in [0.25, 0.3) is 27.6 Å². The van der Waals surface area contributed by atoms with Crippen molar-refractivity contribution < 1.29 is 5.11 Å². The van der Waals surface area contributed by atoms with E-state index < -0.39 is 0 Å². The minimum atomic E-state index is 0.347. The molecule has 0 amide bonds. The molecule has 0 unspecified atom stereocenters. The molecule has 0 atom stereocenters. The summed E-state index contributed by atoms with van der Waals surface area (Å²) in [5, 5.41) is 14.5. The lowest BCUT2D eigenvalue weighted by atomic mass is 9.93. The Hall–Kier alpha value is -2.28. The number of phenolic OH excluding ortho intramolecular Hbond substituents is 1. The van der Waals surface area contributed by atoms with Gasteiger partial charge in [-0.15, -0.1) is 0 Å². The maximum atomic E-state index is 9.85. The predicted octanol–water partition coefficient (Wildman–Crippen LogP) is 4.96. The van der Waals surface area contributed by atoms with Crippen LogP contribution in [0.4, 0.5) is 0 Å². The summed E-state index contributed by atoms with van der Waals surface area (Å²) in [6.45, 7) is 7.99. The van der Waals surface area contributed by atoms with Crippen LogP contribution in [-0.2, 0) is 0 Å². The number of rotatable bonds is 1. The van der Waals surface area contributed by atoms with Crippen molar-refractivity contribution in [2.24, 2.45) is 0 Å². The van der Waals surface area contributed by atoms with Crippen molar-refractivity contribution in [3.8, 4) is 5.75 Å². The lowest BCUT2D eigenvalue weighted by Crippen LogP contribution is -1.87. The number of phenols is 1. The van der Waals surface area contributed by atoms with Gasteiger partial charge in [0, 0.05) is 0 Å². The number of hydrogen-bond acceptors (Lipinski definition) is 1. The van der Waals surface area contributed by atoms with Crippen molar-refractivity contribution >= 4 is 27.6 Å². The molecule has 0 heterocycles. The second kappa shape index (κ2) is 4.13. The Morgan fingerprint density at radius 2 is 1.63 bits per heavy atom. The number of aromatic hydroxyl groups is 1. The van der Waals surface area contributed by atoms with Crippen LogP contribution in [0.2, 0.25) is 0 Å². The quantitative estimate of drug-likeness (QED) is 0.603. The lowest BCUT2D eigenvalue weighted by molar-refractivity contribution is 0.472. The zero-order valence-corrected chi connectivity index (χ0v) is 11.2. The fourth-order valence-electron chi connectivity index (χ4n) is 2.77. The molecule has 0 spiro atoms. The van der Waals surface area contributed by atoms with Gasteiger partial charge >= 0.3 is 0 Å². The summed E-state index contributed by atoms with van der Waals surface area (Å²) >= 11 is 0. The van der Waals surface area contributed by atoms with Crippen LogP contribution in [0.5, 0.6) is 5.75 Å². The lowest BCUT2D eigenvalue weighted by Gasteiger charge is -2.12. The highest BCUT2D eigenvalue weighted by molar-refractivity contribution is 6.12. The van der Waals surface area contributed by atoms with Crippen LogP contribution < -0.4 is 0 Å². The van der Waals surface area contributed by atoms with Gasteiger partial charge in [-0.2, -0.15) is 0 Å². The van der Waals surface area contributed by atoms with Gasteiger partial charge in [0.2, 0.25) is 0 Å². The summed E-state index contributed by atoms with van der Waals surface area (Å²) in [6.07, 6.45) is 1.92. The largest absolute Gasteiger partial charge is 0.508 e. The zero-order chi connectivity index (χ0) is 13.6. The van der Waals surface area contributed by atoms with Crippen LogP contribution in [0, 0.1) is 13.8 Å². The van der Waals surface area contributed by atoms with Crippen molar-refractivity contribution in [3.63, 3.8) is 0 Å². The van der Waals surface area contributed by atoms with Gasteiger partial charge < -0.3 is 5.11 Å². The van der Waals surface area contributed by atoms with Gasteiger partial charge in [0.15, 0.2) is 0 Å². The maximum Gasteiger partial charge on any atom is 0.119 e. The summed E-state index contributed by atoms with van der Waals surface area (Å²) < 4.78 is 0. The molecule has 94 valence electrons. The van der Waals surface area contributed by atoms with Gasteiger partial charge in [0.25, 0.3) is 0 Å². The smallest absolute Gasteiger partial charge is 0.119 e. The third-order valence-corrected chi connectivity index (χ3v) is 3.89. The van der Waals surface area contributed by atoms with Crippen molar-refractivity contribution in [2.45, 2.75) is 13.8 Å². The second-order valence-electron chi connectivity index (χ2n) is 4.97. The molecule has 0 bridgehead atoms. The normalized spacial score (nSPS) is 11.1. The Morgan fingerprint density at radius 1 is 0.947 bits per heavy atom. The van der Waals surface area contributed by atoms with E-state index in [1.54, 1.807) is 6.07 Å². The van der Waals surface area contributed by atoms with Gasteiger partial charge in [-0.1, -0.05) is 43.0 Å². The summed E-state index contributed by atoms with van der Waals surface area (Å²) in [5.74, 6) is 0.347. The van der Waals surface area contributed by atoms with Crippen LogP contribution >= 0.6 is 0 Å². The molecule has 1 nitrogen and oxygen atoms in total. The molecule has 3 aromatic rings. The minimum absolute atomic E-state index is 0.347. The van der Waals surface area contributed by atoms with E-state index in [0.29, 0.717) is 5.75 Å². The van der Waals surface area contributed by atoms with Crippen molar-refractivity contribution in [1.82, 2.24) is 0 Å². The molecule has 0 fully saturated rings. The van der Waals surface area contributed by atoms with Crippen LogP contribution in [-0.4, -0.2) is 5.11 Å². The molecular weight excluding hydrogens is 232 g/mol. The Bertz CT molecular complexity index is 813. The minimum Gasteiger partial charge on any atom is -0.508 e. The summed E-state index contributed by atoms with van der Waals surface area (Å²) in [4.78, 5) is 0. The second-order valence-corrected chi connectivity index (χ2v) is 4.97. The SMILES string of the molecule is C=Cc1c(C)ccc2ccc3c(C)c(O)ccc3c12. The third kappa shape index (κ3) is 1.62. The Kier molecular flexibility index (Phi) is 2.56. The molecule has 1 heteroatoms. The summed E-state index contributed by atoms with van der Waals surface area (Å²) in [6, 6.07) is 12.2. The molecule has 3 rings (SSSR count). The first-order valence-electron chi connectivity index (χ1n) is 6.40. The molecule has 0 saturated carbocycles. The molecule has 3 aromatic carbocycles. The van der Waals surface area contributed by atoms with E-state index in [1.807, 2.05) is 19.1 Å². The van der Waals surface area contributed by atoms with E-state index in [9.17, 15) is 5.11 Å². The predicted molar refractivity (Wildman–Crippen MR) is 82.7 cm³/mol. The topological polar surface area (TPSA) is 20.2 Å². The van der Waals surface area contributed by atoms with Crippen LogP contribution in [0.3, 0.4) is 0 Å². The molecule has 0 aromatic heterocycles. The van der Waals surface area contributed by atoms with E-state index >= 15 is 0 Å². The molecule has 19 heavy (non-hydrogen) atoms. The summed E-state index contributed by atoms with van der Waals surface area (Å²) in [5.41, 5.74) is 3.32. The number of fused-ring (bicyclic) bond motifs is 3. The fraction of sp³-hybridized carbons (Fsp3) is 0.111. The standard InChI is InChI=1S/C18H16O/c1-4-14-11(2)5-6-13-7-8-15-12(3)17(19)10-9-16(15)18(13)14/h4-10,19H,1H2,2-3H3. The van der Waals surface area contributed by atoms with Crippen molar-refractivity contribution in [1.29, 1.82) is 0 Å². The third-order valence-electron chi connectivity index (χ3n) is 3.89. The van der Waals surface area contributed by atoms with Gasteiger partial charge in [-0.3, -0.25) is 0 Å².